The Bertz CT molecular complexity index is 1170. The van der Waals surface area contributed by atoms with Crippen molar-refractivity contribution in [3.63, 3.8) is 0 Å². The fourth-order valence-corrected chi connectivity index (χ4v) is 3.45. The van der Waals surface area contributed by atoms with Crippen LogP contribution in [0, 0.1) is 0 Å². The first kappa shape index (κ1) is 25.3. The number of hydrogen-bond donors (Lipinski definition) is 2. The molecule has 0 aromatic heterocycles. The van der Waals surface area contributed by atoms with E-state index in [-0.39, 0.29) is 5.91 Å². The van der Waals surface area contributed by atoms with E-state index in [1.165, 1.54) is 6.21 Å². The zero-order valence-corrected chi connectivity index (χ0v) is 20.9. The largest absolute Gasteiger partial charge is 0.497 e. The van der Waals surface area contributed by atoms with E-state index in [4.69, 9.17) is 21.1 Å². The van der Waals surface area contributed by atoms with E-state index in [1.807, 2.05) is 36.4 Å². The number of carbonyl (C=O) groups is 2. The predicted molar refractivity (Wildman–Crippen MR) is 136 cm³/mol. The molecule has 3 rings (SSSR count). The van der Waals surface area contributed by atoms with Crippen molar-refractivity contribution in [1.82, 2.24) is 10.7 Å². The van der Waals surface area contributed by atoms with Crippen LogP contribution in [0.1, 0.15) is 28.4 Å². The maximum absolute atomic E-state index is 12.3. The minimum atomic E-state index is -0.776. The third-order valence-electron chi connectivity index (χ3n) is 4.74. The first-order chi connectivity index (χ1) is 16.4. The Morgan fingerprint density at radius 3 is 2.44 bits per heavy atom. The molecule has 2 N–H and O–H groups in total. The molecule has 9 heteroatoms. The van der Waals surface area contributed by atoms with Crippen molar-refractivity contribution in [3.05, 3.63) is 92.9 Å². The number of rotatable bonds is 9. The van der Waals surface area contributed by atoms with Gasteiger partial charge in [-0.15, -0.1) is 0 Å². The number of halogens is 2. The highest BCUT2D eigenvalue weighted by atomic mass is 79.9. The minimum absolute atomic E-state index is 0.368. The van der Waals surface area contributed by atoms with Crippen molar-refractivity contribution in [2.24, 2.45) is 5.10 Å². The fraction of sp³-hybridized carbons (Fsp3) is 0.160. The standard InChI is InChI=1S/C25H23BrClN3O4/c1-16(29-25(32)19-6-10-21(33-2)11-7-19)24(31)30-28-14-18-5-12-23(22(26)13-18)34-15-17-3-8-20(27)9-4-17/h3-14,16H,15H2,1-2H3,(H,29,32)(H,30,31). The molecule has 0 saturated carbocycles. The second kappa shape index (κ2) is 12.2. The molecule has 1 unspecified atom stereocenters. The van der Waals surface area contributed by atoms with Gasteiger partial charge in [0.1, 0.15) is 24.1 Å². The van der Waals surface area contributed by atoms with E-state index in [1.54, 1.807) is 44.4 Å². The molecule has 0 aliphatic carbocycles. The molecule has 0 fully saturated rings. The average Bonchev–Trinajstić information content (AvgIpc) is 2.84. The van der Waals surface area contributed by atoms with Gasteiger partial charge >= 0.3 is 0 Å². The van der Waals surface area contributed by atoms with E-state index >= 15 is 0 Å². The van der Waals surface area contributed by atoms with Crippen LogP contribution in [0.25, 0.3) is 0 Å². The smallest absolute Gasteiger partial charge is 0.262 e. The molecule has 0 bridgehead atoms. The second-order valence-electron chi connectivity index (χ2n) is 7.26. The molecule has 1 atom stereocenters. The van der Waals surface area contributed by atoms with Gasteiger partial charge in [0.25, 0.3) is 11.8 Å². The van der Waals surface area contributed by atoms with Crippen molar-refractivity contribution in [2.45, 2.75) is 19.6 Å². The molecule has 0 radical (unpaired) electrons. The topological polar surface area (TPSA) is 89.0 Å². The van der Waals surface area contributed by atoms with Crippen LogP contribution in [0.3, 0.4) is 0 Å². The summed E-state index contributed by atoms with van der Waals surface area (Å²) in [4.78, 5) is 24.6. The van der Waals surface area contributed by atoms with Gasteiger partial charge < -0.3 is 14.8 Å². The van der Waals surface area contributed by atoms with Crippen molar-refractivity contribution in [2.75, 3.05) is 7.11 Å². The van der Waals surface area contributed by atoms with Gasteiger partial charge in [-0.25, -0.2) is 5.43 Å². The van der Waals surface area contributed by atoms with Crippen LogP contribution >= 0.6 is 27.5 Å². The molecule has 2 amide bonds. The predicted octanol–water partition coefficient (Wildman–Crippen LogP) is 4.96. The van der Waals surface area contributed by atoms with Crippen molar-refractivity contribution < 1.29 is 19.1 Å². The lowest BCUT2D eigenvalue weighted by Crippen LogP contribution is -2.43. The fourth-order valence-electron chi connectivity index (χ4n) is 2.81. The highest BCUT2D eigenvalue weighted by molar-refractivity contribution is 9.10. The Morgan fingerprint density at radius 1 is 1.09 bits per heavy atom. The molecule has 0 heterocycles. The van der Waals surface area contributed by atoms with Gasteiger partial charge in [-0.2, -0.15) is 5.10 Å². The summed E-state index contributed by atoms with van der Waals surface area (Å²) < 4.78 is 11.6. The first-order valence-electron chi connectivity index (χ1n) is 10.3. The Morgan fingerprint density at radius 2 is 1.79 bits per heavy atom. The lowest BCUT2D eigenvalue weighted by atomic mass is 10.2. The Hall–Kier alpha value is -3.36. The van der Waals surface area contributed by atoms with Crippen molar-refractivity contribution >= 4 is 45.6 Å². The summed E-state index contributed by atoms with van der Waals surface area (Å²) >= 11 is 9.38. The maximum Gasteiger partial charge on any atom is 0.262 e. The Balaban J connectivity index is 1.49. The molecular formula is C25H23BrClN3O4. The Labute approximate surface area is 211 Å². The van der Waals surface area contributed by atoms with Crippen molar-refractivity contribution in [3.8, 4) is 11.5 Å². The van der Waals surface area contributed by atoms with Gasteiger partial charge in [0.15, 0.2) is 0 Å². The third kappa shape index (κ3) is 7.33. The summed E-state index contributed by atoms with van der Waals surface area (Å²) in [6, 6.07) is 18.7. The highest BCUT2D eigenvalue weighted by Gasteiger charge is 2.16. The molecule has 3 aromatic carbocycles. The number of nitrogens with zero attached hydrogens (tertiary/aromatic N) is 1. The number of methoxy groups -OCH3 is 1. The molecular weight excluding hydrogens is 522 g/mol. The van der Waals surface area contributed by atoms with Crippen molar-refractivity contribution in [1.29, 1.82) is 0 Å². The van der Waals surface area contributed by atoms with Crippen LogP contribution in [0.4, 0.5) is 0 Å². The van der Waals surface area contributed by atoms with E-state index in [0.29, 0.717) is 28.7 Å². The highest BCUT2D eigenvalue weighted by Crippen LogP contribution is 2.26. The number of hydrogen-bond acceptors (Lipinski definition) is 5. The number of hydrazone groups is 1. The van der Waals surface area contributed by atoms with Crippen LogP contribution in [-0.4, -0.2) is 31.2 Å². The summed E-state index contributed by atoms with van der Waals surface area (Å²) in [6.45, 7) is 1.98. The quantitative estimate of drug-likeness (QED) is 0.294. The summed E-state index contributed by atoms with van der Waals surface area (Å²) in [5.74, 6) is 0.503. The van der Waals surface area contributed by atoms with Crippen LogP contribution < -0.4 is 20.2 Å². The first-order valence-corrected chi connectivity index (χ1v) is 11.5. The SMILES string of the molecule is COc1ccc(C(=O)NC(C)C(=O)NN=Cc2ccc(OCc3ccc(Cl)cc3)c(Br)c2)cc1. The molecule has 0 aliphatic rings. The van der Waals surface area contributed by atoms with Crippen LogP contribution in [-0.2, 0) is 11.4 Å². The molecule has 34 heavy (non-hydrogen) atoms. The third-order valence-corrected chi connectivity index (χ3v) is 5.62. The summed E-state index contributed by atoms with van der Waals surface area (Å²) in [5, 5.41) is 7.28. The minimum Gasteiger partial charge on any atom is -0.497 e. The number of carbonyl (C=O) groups excluding carboxylic acids is 2. The molecule has 0 spiro atoms. The van der Waals surface area contributed by atoms with Crippen LogP contribution in [0.2, 0.25) is 5.02 Å². The van der Waals surface area contributed by atoms with Gasteiger partial charge in [-0.05, 0) is 88.6 Å². The lowest BCUT2D eigenvalue weighted by molar-refractivity contribution is -0.122. The average molecular weight is 545 g/mol. The maximum atomic E-state index is 12.3. The van der Waals surface area contributed by atoms with Gasteiger partial charge in [-0.3, -0.25) is 9.59 Å². The van der Waals surface area contributed by atoms with Crippen LogP contribution in [0.15, 0.2) is 76.3 Å². The zero-order chi connectivity index (χ0) is 24.5. The van der Waals surface area contributed by atoms with Gasteiger partial charge in [0.2, 0.25) is 0 Å². The van der Waals surface area contributed by atoms with E-state index in [2.05, 4.69) is 31.8 Å². The normalized spacial score (nSPS) is 11.6. The van der Waals surface area contributed by atoms with E-state index in [9.17, 15) is 9.59 Å². The Kier molecular flexibility index (Phi) is 9.07. The zero-order valence-electron chi connectivity index (χ0n) is 18.5. The lowest BCUT2D eigenvalue weighted by Gasteiger charge is -2.12. The van der Waals surface area contributed by atoms with E-state index in [0.717, 1.165) is 15.6 Å². The summed E-state index contributed by atoms with van der Waals surface area (Å²) in [7, 11) is 1.55. The molecule has 7 nitrogen and oxygen atoms in total. The molecule has 0 aliphatic heterocycles. The number of amides is 2. The van der Waals surface area contributed by atoms with Crippen LogP contribution in [0.5, 0.6) is 11.5 Å². The van der Waals surface area contributed by atoms with Gasteiger partial charge in [0, 0.05) is 10.6 Å². The number of benzene rings is 3. The number of nitrogens with one attached hydrogen (secondary N) is 2. The molecule has 3 aromatic rings. The summed E-state index contributed by atoms with van der Waals surface area (Å²) in [6.07, 6.45) is 1.50. The second-order valence-corrected chi connectivity index (χ2v) is 8.55. The molecule has 176 valence electrons. The molecule has 0 saturated heterocycles. The van der Waals surface area contributed by atoms with Gasteiger partial charge in [-0.1, -0.05) is 23.7 Å². The monoisotopic (exact) mass is 543 g/mol. The number of ether oxygens (including phenoxy) is 2. The van der Waals surface area contributed by atoms with Gasteiger partial charge in [0.05, 0.1) is 17.8 Å². The van der Waals surface area contributed by atoms with E-state index < -0.39 is 11.9 Å². The summed E-state index contributed by atoms with van der Waals surface area (Å²) in [5.41, 5.74) is 4.60.